The van der Waals surface area contributed by atoms with E-state index in [9.17, 15) is 8.78 Å². The van der Waals surface area contributed by atoms with Gasteiger partial charge in [0.1, 0.15) is 12.3 Å². The van der Waals surface area contributed by atoms with Crippen LogP contribution in [-0.4, -0.2) is 12.3 Å². The lowest BCUT2D eigenvalue weighted by molar-refractivity contribution is -0.00996. The van der Waals surface area contributed by atoms with E-state index < -0.39 is 12.3 Å². The Labute approximate surface area is 135 Å². The fourth-order valence-corrected chi connectivity index (χ4v) is 5.62. The van der Waals surface area contributed by atoms with Gasteiger partial charge in [0.15, 0.2) is 0 Å². The molecular formula is C20H34F2. The van der Waals surface area contributed by atoms with Crippen molar-refractivity contribution in [2.24, 2.45) is 35.5 Å². The van der Waals surface area contributed by atoms with E-state index in [2.05, 4.69) is 6.92 Å². The summed E-state index contributed by atoms with van der Waals surface area (Å²) in [6, 6.07) is 0. The Hall–Kier alpha value is -0.140. The number of halogens is 2. The van der Waals surface area contributed by atoms with Gasteiger partial charge in [0, 0.05) is 0 Å². The van der Waals surface area contributed by atoms with Crippen LogP contribution in [0.15, 0.2) is 0 Å². The minimum atomic E-state index is -1.21. The van der Waals surface area contributed by atoms with E-state index in [0.717, 1.165) is 43.4 Å². The maximum Gasteiger partial charge on any atom is 0.134 e. The second-order valence-electron chi connectivity index (χ2n) is 8.80. The zero-order chi connectivity index (χ0) is 15.7. The molecule has 0 nitrogen and oxygen atoms in total. The highest BCUT2D eigenvalue weighted by molar-refractivity contribution is 4.92. The predicted molar refractivity (Wildman–Crippen MR) is 88.3 cm³/mol. The van der Waals surface area contributed by atoms with Gasteiger partial charge in [0.25, 0.3) is 0 Å². The number of rotatable bonds is 2. The number of hydrogen-bond acceptors (Lipinski definition) is 0. The van der Waals surface area contributed by atoms with Crippen molar-refractivity contribution in [3.63, 3.8) is 0 Å². The van der Waals surface area contributed by atoms with Gasteiger partial charge in [-0.25, -0.2) is 8.78 Å². The molecule has 0 radical (unpaired) electrons. The van der Waals surface area contributed by atoms with Gasteiger partial charge < -0.3 is 0 Å². The topological polar surface area (TPSA) is 0 Å². The van der Waals surface area contributed by atoms with Crippen LogP contribution in [0, 0.1) is 35.5 Å². The average Bonchev–Trinajstić information content (AvgIpc) is 2.54. The summed E-state index contributed by atoms with van der Waals surface area (Å²) in [7, 11) is 0. The van der Waals surface area contributed by atoms with Crippen LogP contribution >= 0.6 is 0 Å². The molecule has 3 saturated carbocycles. The molecule has 128 valence electrons. The van der Waals surface area contributed by atoms with Crippen LogP contribution in [0.25, 0.3) is 0 Å². The normalized spacial score (nSPS) is 50.7. The van der Waals surface area contributed by atoms with Gasteiger partial charge in [-0.3, -0.25) is 0 Å². The predicted octanol–water partition coefficient (Wildman–Crippen LogP) is 6.34. The highest BCUT2D eigenvalue weighted by atomic mass is 19.2. The van der Waals surface area contributed by atoms with Crippen molar-refractivity contribution >= 4 is 0 Å². The van der Waals surface area contributed by atoms with E-state index in [-0.39, 0.29) is 11.8 Å². The van der Waals surface area contributed by atoms with Crippen molar-refractivity contribution in [3.05, 3.63) is 0 Å². The second-order valence-corrected chi connectivity index (χ2v) is 8.80. The van der Waals surface area contributed by atoms with Crippen molar-refractivity contribution in [2.45, 2.75) is 90.4 Å². The Bertz CT molecular complexity index is 340. The monoisotopic (exact) mass is 312 g/mol. The van der Waals surface area contributed by atoms with Crippen LogP contribution in [0.4, 0.5) is 8.78 Å². The molecule has 3 rings (SSSR count). The van der Waals surface area contributed by atoms with Crippen molar-refractivity contribution < 1.29 is 8.78 Å². The first-order chi connectivity index (χ1) is 10.6. The maximum atomic E-state index is 14.4. The molecule has 0 aromatic carbocycles. The van der Waals surface area contributed by atoms with Crippen molar-refractivity contribution in [3.8, 4) is 0 Å². The van der Waals surface area contributed by atoms with E-state index in [1.165, 1.54) is 38.5 Å². The van der Waals surface area contributed by atoms with E-state index in [0.29, 0.717) is 5.92 Å². The molecule has 0 heterocycles. The molecule has 0 saturated heterocycles. The zero-order valence-electron chi connectivity index (χ0n) is 14.4. The van der Waals surface area contributed by atoms with E-state index >= 15 is 0 Å². The lowest BCUT2D eigenvalue weighted by Crippen LogP contribution is -2.41. The van der Waals surface area contributed by atoms with Gasteiger partial charge >= 0.3 is 0 Å². The molecule has 0 N–H and O–H groups in total. The van der Waals surface area contributed by atoms with Crippen LogP contribution in [0.3, 0.4) is 0 Å². The van der Waals surface area contributed by atoms with Crippen LogP contribution in [0.2, 0.25) is 0 Å². The van der Waals surface area contributed by atoms with Crippen molar-refractivity contribution in [1.82, 2.24) is 0 Å². The standard InChI is InChI=1S/C20H34F2/c1-13-3-6-15(7-4-13)16-8-10-17(11-9-16)18-12-5-14(2)19(21)20(18)22/h13-20H,3-12H2,1-2H3/t13?,14?,15?,16?,17?,18-,19?,20?/m0/s1. The Morgan fingerprint density at radius 1 is 0.545 bits per heavy atom. The molecule has 0 aliphatic heterocycles. The first-order valence-electron chi connectivity index (χ1n) is 9.84. The third kappa shape index (κ3) is 3.51. The minimum Gasteiger partial charge on any atom is -0.244 e. The molecule has 0 bridgehead atoms. The largest absolute Gasteiger partial charge is 0.244 e. The number of alkyl halides is 2. The van der Waals surface area contributed by atoms with Gasteiger partial charge in [-0.15, -0.1) is 0 Å². The van der Waals surface area contributed by atoms with Crippen LogP contribution in [0.1, 0.15) is 78.1 Å². The second kappa shape index (κ2) is 7.18. The average molecular weight is 312 g/mol. The maximum absolute atomic E-state index is 14.4. The Morgan fingerprint density at radius 2 is 1.05 bits per heavy atom. The Morgan fingerprint density at radius 3 is 1.64 bits per heavy atom. The van der Waals surface area contributed by atoms with Gasteiger partial charge in [-0.05, 0) is 86.9 Å². The molecule has 2 heteroatoms. The lowest BCUT2D eigenvalue weighted by atomic mass is 9.64. The minimum absolute atomic E-state index is 0.0125. The van der Waals surface area contributed by atoms with Crippen molar-refractivity contribution in [1.29, 1.82) is 0 Å². The summed E-state index contributed by atoms with van der Waals surface area (Å²) >= 11 is 0. The van der Waals surface area contributed by atoms with E-state index in [1.54, 1.807) is 0 Å². The molecule has 0 aromatic heterocycles. The van der Waals surface area contributed by atoms with Gasteiger partial charge in [0.2, 0.25) is 0 Å². The third-order valence-electron chi connectivity index (χ3n) is 7.36. The molecule has 0 aromatic rings. The first kappa shape index (κ1) is 16.7. The van der Waals surface area contributed by atoms with Gasteiger partial charge in [-0.2, -0.15) is 0 Å². The molecule has 3 aliphatic rings. The summed E-state index contributed by atoms with van der Waals surface area (Å²) in [6.07, 6.45) is 9.89. The smallest absolute Gasteiger partial charge is 0.134 e. The molecular weight excluding hydrogens is 278 g/mol. The summed E-state index contributed by atoms with van der Waals surface area (Å²) < 4.78 is 28.4. The fourth-order valence-electron chi connectivity index (χ4n) is 5.62. The molecule has 3 unspecified atom stereocenters. The molecule has 0 amide bonds. The summed E-state index contributed by atoms with van der Waals surface area (Å²) in [5.74, 6) is 3.12. The highest BCUT2D eigenvalue weighted by Crippen LogP contribution is 2.46. The summed E-state index contributed by atoms with van der Waals surface area (Å²) in [5.41, 5.74) is 0. The van der Waals surface area contributed by atoms with Gasteiger partial charge in [0.05, 0.1) is 0 Å². The Balaban J connectivity index is 1.49. The summed E-state index contributed by atoms with van der Waals surface area (Å²) in [5, 5.41) is 0. The van der Waals surface area contributed by atoms with Crippen LogP contribution in [0.5, 0.6) is 0 Å². The van der Waals surface area contributed by atoms with Crippen LogP contribution < -0.4 is 0 Å². The molecule has 3 aliphatic carbocycles. The van der Waals surface area contributed by atoms with Crippen LogP contribution in [-0.2, 0) is 0 Å². The molecule has 3 fully saturated rings. The SMILES string of the molecule is CC1CCC(C2CCC([C@@H]3CCC(C)C(F)C3F)CC2)CC1. The molecule has 4 atom stereocenters. The quantitative estimate of drug-likeness (QED) is 0.558. The summed E-state index contributed by atoms with van der Waals surface area (Å²) in [4.78, 5) is 0. The molecule has 0 spiro atoms. The van der Waals surface area contributed by atoms with Crippen molar-refractivity contribution in [2.75, 3.05) is 0 Å². The van der Waals surface area contributed by atoms with E-state index in [1.807, 2.05) is 6.92 Å². The third-order valence-corrected chi connectivity index (χ3v) is 7.36. The summed E-state index contributed by atoms with van der Waals surface area (Å²) in [6.45, 7) is 4.25. The Kier molecular flexibility index (Phi) is 5.45. The zero-order valence-corrected chi connectivity index (χ0v) is 14.4. The lowest BCUT2D eigenvalue weighted by Gasteiger charge is -2.42. The van der Waals surface area contributed by atoms with E-state index in [4.69, 9.17) is 0 Å². The number of hydrogen-bond donors (Lipinski definition) is 0. The first-order valence-corrected chi connectivity index (χ1v) is 9.84. The molecule has 22 heavy (non-hydrogen) atoms. The van der Waals surface area contributed by atoms with Gasteiger partial charge in [-0.1, -0.05) is 26.7 Å². The highest BCUT2D eigenvalue weighted by Gasteiger charge is 2.43. The fraction of sp³-hybridized carbons (Fsp3) is 1.00.